The Morgan fingerprint density at radius 1 is 1.17 bits per heavy atom. The maximum atomic E-state index is 11.6. The lowest BCUT2D eigenvalue weighted by molar-refractivity contribution is -0.123. The second-order valence-corrected chi connectivity index (χ2v) is 4.92. The third-order valence-corrected chi connectivity index (χ3v) is 3.10. The highest BCUT2D eigenvalue weighted by molar-refractivity contribution is 6.32. The molecule has 2 aromatic carbocycles. The molecule has 0 radical (unpaired) electrons. The molecule has 120 valence electrons. The number of carbonyl (C=O) groups is 1. The summed E-state index contributed by atoms with van der Waals surface area (Å²) < 4.78 is 10.7. The predicted molar refractivity (Wildman–Crippen MR) is 90.3 cm³/mol. The minimum Gasteiger partial charge on any atom is -0.494 e. The van der Waals surface area contributed by atoms with Crippen molar-refractivity contribution in [1.29, 1.82) is 0 Å². The van der Waals surface area contributed by atoms with Crippen molar-refractivity contribution >= 4 is 23.7 Å². The number of nitrogens with one attached hydrogen (secondary N) is 1. The van der Waals surface area contributed by atoms with Crippen molar-refractivity contribution in [3.05, 3.63) is 59.1 Å². The van der Waals surface area contributed by atoms with Crippen LogP contribution in [0.3, 0.4) is 0 Å². The fourth-order valence-electron chi connectivity index (χ4n) is 1.73. The van der Waals surface area contributed by atoms with Crippen molar-refractivity contribution in [1.82, 2.24) is 5.43 Å². The van der Waals surface area contributed by atoms with Gasteiger partial charge in [0.25, 0.3) is 5.91 Å². The number of hydrogen-bond acceptors (Lipinski definition) is 4. The second-order valence-electron chi connectivity index (χ2n) is 4.51. The number of carbonyl (C=O) groups excluding carboxylic acids is 1. The van der Waals surface area contributed by atoms with Gasteiger partial charge in [-0.3, -0.25) is 4.79 Å². The van der Waals surface area contributed by atoms with Gasteiger partial charge < -0.3 is 9.47 Å². The lowest BCUT2D eigenvalue weighted by Gasteiger charge is -2.06. The van der Waals surface area contributed by atoms with E-state index in [0.717, 1.165) is 11.3 Å². The van der Waals surface area contributed by atoms with Gasteiger partial charge in [-0.1, -0.05) is 23.7 Å². The van der Waals surface area contributed by atoms with Crippen molar-refractivity contribution in [3.8, 4) is 11.5 Å². The van der Waals surface area contributed by atoms with E-state index in [9.17, 15) is 4.79 Å². The topological polar surface area (TPSA) is 59.9 Å². The first kappa shape index (κ1) is 16.8. The first-order valence-electron chi connectivity index (χ1n) is 7.11. The zero-order valence-corrected chi connectivity index (χ0v) is 13.4. The third-order valence-electron chi connectivity index (χ3n) is 2.79. The summed E-state index contributed by atoms with van der Waals surface area (Å²) in [6.45, 7) is 2.38. The fraction of sp³-hybridized carbons (Fsp3) is 0.176. The molecule has 1 N–H and O–H groups in total. The van der Waals surface area contributed by atoms with Crippen molar-refractivity contribution in [2.45, 2.75) is 6.92 Å². The number of ether oxygens (including phenoxy) is 2. The molecule has 0 bridgehead atoms. The van der Waals surface area contributed by atoms with Crippen LogP contribution < -0.4 is 14.9 Å². The summed E-state index contributed by atoms with van der Waals surface area (Å²) in [7, 11) is 0. The Morgan fingerprint density at radius 3 is 2.61 bits per heavy atom. The monoisotopic (exact) mass is 332 g/mol. The molecule has 0 heterocycles. The fourth-order valence-corrected chi connectivity index (χ4v) is 1.92. The van der Waals surface area contributed by atoms with Crippen molar-refractivity contribution < 1.29 is 14.3 Å². The summed E-state index contributed by atoms with van der Waals surface area (Å²) in [6, 6.07) is 14.3. The molecular formula is C17H17ClN2O3. The normalized spacial score (nSPS) is 10.5. The van der Waals surface area contributed by atoms with E-state index in [1.807, 2.05) is 31.2 Å². The van der Waals surface area contributed by atoms with Gasteiger partial charge in [0.15, 0.2) is 6.61 Å². The number of benzene rings is 2. The molecule has 0 spiro atoms. The van der Waals surface area contributed by atoms with Gasteiger partial charge in [0.1, 0.15) is 11.5 Å². The van der Waals surface area contributed by atoms with Crippen LogP contribution in [0.2, 0.25) is 5.02 Å². The Morgan fingerprint density at radius 2 is 1.91 bits per heavy atom. The van der Waals surface area contributed by atoms with E-state index in [2.05, 4.69) is 10.5 Å². The molecule has 0 saturated heterocycles. The van der Waals surface area contributed by atoms with Crippen LogP contribution in [0.1, 0.15) is 12.5 Å². The predicted octanol–water partition coefficient (Wildman–Crippen LogP) is 3.27. The average molecular weight is 333 g/mol. The van der Waals surface area contributed by atoms with Gasteiger partial charge in [0.2, 0.25) is 0 Å². The smallest absolute Gasteiger partial charge is 0.277 e. The van der Waals surface area contributed by atoms with Crippen molar-refractivity contribution in [2.24, 2.45) is 5.10 Å². The maximum absolute atomic E-state index is 11.6. The zero-order valence-electron chi connectivity index (χ0n) is 12.7. The Hall–Kier alpha value is -2.53. The minimum absolute atomic E-state index is 0.162. The van der Waals surface area contributed by atoms with Gasteiger partial charge >= 0.3 is 0 Å². The van der Waals surface area contributed by atoms with E-state index in [1.54, 1.807) is 30.5 Å². The Labute approximate surface area is 139 Å². The standard InChI is InChI=1S/C17H17ClN2O3/c1-2-22-14-9-7-13(8-10-14)11-19-20-17(21)12-23-16-6-4-3-5-15(16)18/h3-11H,2,12H2,1H3,(H,20,21). The zero-order chi connectivity index (χ0) is 16.5. The maximum Gasteiger partial charge on any atom is 0.277 e. The highest BCUT2D eigenvalue weighted by Crippen LogP contribution is 2.22. The first-order valence-corrected chi connectivity index (χ1v) is 7.49. The van der Waals surface area contributed by atoms with Crippen LogP contribution in [0.4, 0.5) is 0 Å². The summed E-state index contributed by atoms with van der Waals surface area (Å²) in [5.74, 6) is 0.883. The summed E-state index contributed by atoms with van der Waals surface area (Å²) in [5.41, 5.74) is 3.24. The summed E-state index contributed by atoms with van der Waals surface area (Å²) in [4.78, 5) is 11.6. The van der Waals surface area contributed by atoms with E-state index < -0.39 is 0 Å². The average Bonchev–Trinajstić information content (AvgIpc) is 2.56. The molecule has 1 amide bonds. The largest absolute Gasteiger partial charge is 0.494 e. The molecule has 6 heteroatoms. The molecule has 0 fully saturated rings. The Bertz CT molecular complexity index is 672. The van der Waals surface area contributed by atoms with Gasteiger partial charge in [-0.15, -0.1) is 0 Å². The van der Waals surface area contributed by atoms with Crippen LogP contribution in [0.15, 0.2) is 53.6 Å². The third kappa shape index (κ3) is 5.64. The molecule has 0 aliphatic rings. The van der Waals surface area contributed by atoms with E-state index >= 15 is 0 Å². The Balaban J connectivity index is 1.78. The van der Waals surface area contributed by atoms with Crippen molar-refractivity contribution in [2.75, 3.05) is 13.2 Å². The number of nitrogens with zero attached hydrogens (tertiary/aromatic N) is 1. The molecule has 2 aromatic rings. The van der Waals surface area contributed by atoms with Crippen LogP contribution in [0.25, 0.3) is 0 Å². The Kier molecular flexibility index (Phi) is 6.44. The summed E-state index contributed by atoms with van der Waals surface area (Å²) in [5, 5.41) is 4.33. The van der Waals surface area contributed by atoms with Crippen molar-refractivity contribution in [3.63, 3.8) is 0 Å². The lowest BCUT2D eigenvalue weighted by Crippen LogP contribution is -2.24. The number of hydrazone groups is 1. The molecular weight excluding hydrogens is 316 g/mol. The van der Waals surface area contributed by atoms with Crippen LogP contribution in [0, 0.1) is 0 Å². The molecule has 0 aromatic heterocycles. The van der Waals surface area contributed by atoms with Crippen LogP contribution in [-0.4, -0.2) is 25.3 Å². The molecule has 23 heavy (non-hydrogen) atoms. The van der Waals surface area contributed by atoms with Gasteiger partial charge in [0.05, 0.1) is 17.8 Å². The van der Waals surface area contributed by atoms with E-state index in [-0.39, 0.29) is 12.5 Å². The summed E-state index contributed by atoms with van der Waals surface area (Å²) >= 11 is 5.93. The number of halogens is 1. The van der Waals surface area contributed by atoms with Gasteiger partial charge in [0, 0.05) is 0 Å². The van der Waals surface area contributed by atoms with Crippen LogP contribution >= 0.6 is 11.6 Å². The highest BCUT2D eigenvalue weighted by atomic mass is 35.5. The molecule has 5 nitrogen and oxygen atoms in total. The number of rotatable bonds is 7. The van der Waals surface area contributed by atoms with E-state index in [1.165, 1.54) is 0 Å². The molecule has 0 aliphatic carbocycles. The molecule has 0 atom stereocenters. The number of amides is 1. The molecule has 0 saturated carbocycles. The summed E-state index contributed by atoms with van der Waals surface area (Å²) in [6.07, 6.45) is 1.54. The quantitative estimate of drug-likeness (QED) is 0.625. The van der Waals surface area contributed by atoms with E-state index in [0.29, 0.717) is 17.4 Å². The molecule has 0 unspecified atom stereocenters. The minimum atomic E-state index is -0.368. The molecule has 2 rings (SSSR count). The highest BCUT2D eigenvalue weighted by Gasteiger charge is 2.04. The van der Waals surface area contributed by atoms with Gasteiger partial charge in [-0.25, -0.2) is 5.43 Å². The lowest BCUT2D eigenvalue weighted by atomic mass is 10.2. The molecule has 0 aliphatic heterocycles. The number of para-hydroxylation sites is 1. The van der Waals surface area contributed by atoms with Crippen LogP contribution in [0.5, 0.6) is 11.5 Å². The number of hydrogen-bond donors (Lipinski definition) is 1. The van der Waals surface area contributed by atoms with Gasteiger partial charge in [-0.05, 0) is 48.9 Å². The van der Waals surface area contributed by atoms with Crippen LogP contribution in [-0.2, 0) is 4.79 Å². The van der Waals surface area contributed by atoms with Gasteiger partial charge in [-0.2, -0.15) is 5.10 Å². The van der Waals surface area contributed by atoms with E-state index in [4.69, 9.17) is 21.1 Å². The SMILES string of the molecule is CCOc1ccc(C=NNC(=O)COc2ccccc2Cl)cc1. The second kappa shape index (κ2) is 8.80. The first-order chi connectivity index (χ1) is 11.2.